The molecule has 11 rings (SSSR count). The summed E-state index contributed by atoms with van der Waals surface area (Å²) < 4.78 is 6.60. The Labute approximate surface area is 325 Å². The van der Waals surface area contributed by atoms with E-state index in [1.165, 1.54) is 43.4 Å². The standard InChI is InChI=1S/C54H35NO/c1-2-11-37(12-3-1)49-34-33-48(53-50-18-8-9-20-52(50)56-54(49)53)40-25-30-43(31-26-40)55(44-32-27-41-22-21-38-14-5-7-17-47(38)51(41)35-44)42-28-23-39(24-29-42)46-19-10-15-36-13-4-6-16-45(36)46/h1-35H. The Kier molecular flexibility index (Phi) is 7.53. The summed E-state index contributed by atoms with van der Waals surface area (Å²) in [5.41, 5.74) is 12.1. The van der Waals surface area contributed by atoms with Crippen LogP contribution in [0.3, 0.4) is 0 Å². The molecule has 1 aromatic heterocycles. The second-order valence-corrected chi connectivity index (χ2v) is 14.5. The number of benzene rings is 10. The largest absolute Gasteiger partial charge is 0.455 e. The van der Waals surface area contributed by atoms with Crippen LogP contribution in [0, 0.1) is 0 Å². The van der Waals surface area contributed by atoms with E-state index < -0.39 is 0 Å². The van der Waals surface area contributed by atoms with Gasteiger partial charge in [-0.3, -0.25) is 0 Å². The normalized spacial score (nSPS) is 11.6. The highest BCUT2D eigenvalue weighted by Gasteiger charge is 2.19. The number of fused-ring (bicyclic) bond motifs is 7. The molecule has 0 saturated carbocycles. The van der Waals surface area contributed by atoms with Crippen molar-refractivity contribution >= 4 is 71.3 Å². The summed E-state index contributed by atoms with van der Waals surface area (Å²) in [5.74, 6) is 0. The van der Waals surface area contributed by atoms with Crippen molar-refractivity contribution in [2.45, 2.75) is 0 Å². The summed E-state index contributed by atoms with van der Waals surface area (Å²) in [6.45, 7) is 0. The molecule has 1 heterocycles. The van der Waals surface area contributed by atoms with Gasteiger partial charge in [0, 0.05) is 33.4 Å². The fourth-order valence-electron chi connectivity index (χ4n) is 8.55. The molecule has 2 nitrogen and oxygen atoms in total. The summed E-state index contributed by atoms with van der Waals surface area (Å²) >= 11 is 0. The first kappa shape index (κ1) is 32.0. The Balaban J connectivity index is 1.06. The Morgan fingerprint density at radius 1 is 0.304 bits per heavy atom. The van der Waals surface area contributed by atoms with E-state index in [0.29, 0.717) is 0 Å². The number of nitrogens with zero attached hydrogens (tertiary/aromatic N) is 1. The maximum absolute atomic E-state index is 6.60. The van der Waals surface area contributed by atoms with Crippen molar-refractivity contribution in [2.24, 2.45) is 0 Å². The lowest BCUT2D eigenvalue weighted by Crippen LogP contribution is -2.10. The third-order valence-corrected chi connectivity index (χ3v) is 11.3. The number of anilines is 3. The van der Waals surface area contributed by atoms with Gasteiger partial charge in [0.2, 0.25) is 0 Å². The highest BCUT2D eigenvalue weighted by Crippen LogP contribution is 2.44. The number of hydrogen-bond acceptors (Lipinski definition) is 2. The Morgan fingerprint density at radius 3 is 1.57 bits per heavy atom. The van der Waals surface area contributed by atoms with Gasteiger partial charge in [-0.1, -0.05) is 164 Å². The first-order chi connectivity index (χ1) is 27.8. The summed E-state index contributed by atoms with van der Waals surface area (Å²) in [7, 11) is 0. The van der Waals surface area contributed by atoms with Gasteiger partial charge in [0.05, 0.1) is 0 Å². The lowest BCUT2D eigenvalue weighted by atomic mass is 9.94. The van der Waals surface area contributed by atoms with Crippen molar-refractivity contribution in [1.29, 1.82) is 0 Å². The zero-order chi connectivity index (χ0) is 37.0. The quantitative estimate of drug-likeness (QED) is 0.160. The third kappa shape index (κ3) is 5.34. The van der Waals surface area contributed by atoms with Gasteiger partial charge in [0.15, 0.2) is 0 Å². The lowest BCUT2D eigenvalue weighted by Gasteiger charge is -2.26. The Hall–Kier alpha value is -7.42. The smallest absolute Gasteiger partial charge is 0.143 e. The van der Waals surface area contributed by atoms with Gasteiger partial charge in [-0.05, 0) is 109 Å². The molecule has 0 amide bonds. The molecule has 0 saturated heterocycles. The SMILES string of the molecule is c1ccc(-c2ccc(-c3ccc(N(c4ccc(-c5cccc6ccccc56)cc4)c4ccc5ccc6ccccc6c5c4)cc3)c3c2oc2ccccc23)cc1. The van der Waals surface area contributed by atoms with Crippen LogP contribution in [0.15, 0.2) is 217 Å². The second-order valence-electron chi connectivity index (χ2n) is 14.5. The van der Waals surface area contributed by atoms with Crippen molar-refractivity contribution in [3.05, 3.63) is 212 Å². The molecule has 11 aromatic rings. The molecule has 56 heavy (non-hydrogen) atoms. The van der Waals surface area contributed by atoms with Crippen LogP contribution in [0.5, 0.6) is 0 Å². The molecule has 0 aliphatic carbocycles. The Morgan fingerprint density at radius 2 is 0.821 bits per heavy atom. The van der Waals surface area contributed by atoms with Crippen molar-refractivity contribution in [1.82, 2.24) is 0 Å². The van der Waals surface area contributed by atoms with Gasteiger partial charge in [0.25, 0.3) is 0 Å². The van der Waals surface area contributed by atoms with E-state index in [4.69, 9.17) is 4.42 Å². The monoisotopic (exact) mass is 713 g/mol. The summed E-state index contributed by atoms with van der Waals surface area (Å²) in [5, 5.41) is 9.72. The molecule has 10 aromatic carbocycles. The summed E-state index contributed by atoms with van der Waals surface area (Å²) in [6, 6.07) is 76.4. The third-order valence-electron chi connectivity index (χ3n) is 11.3. The fraction of sp³-hybridized carbons (Fsp3) is 0. The molecule has 262 valence electrons. The second kappa shape index (κ2) is 13.2. The van der Waals surface area contributed by atoms with E-state index in [-0.39, 0.29) is 0 Å². The van der Waals surface area contributed by atoms with Crippen LogP contribution >= 0.6 is 0 Å². The lowest BCUT2D eigenvalue weighted by molar-refractivity contribution is 0.670. The minimum atomic E-state index is 0.894. The number of para-hydroxylation sites is 1. The van der Waals surface area contributed by atoms with E-state index in [1.54, 1.807) is 0 Å². The van der Waals surface area contributed by atoms with Gasteiger partial charge in [-0.2, -0.15) is 0 Å². The van der Waals surface area contributed by atoms with Crippen LogP contribution in [0.4, 0.5) is 17.1 Å². The van der Waals surface area contributed by atoms with E-state index in [9.17, 15) is 0 Å². The zero-order valence-corrected chi connectivity index (χ0v) is 30.6. The molecule has 2 heteroatoms. The molecule has 0 bridgehead atoms. The van der Waals surface area contributed by atoms with Crippen LogP contribution in [0.1, 0.15) is 0 Å². The fourth-order valence-corrected chi connectivity index (χ4v) is 8.55. The van der Waals surface area contributed by atoms with Gasteiger partial charge >= 0.3 is 0 Å². The van der Waals surface area contributed by atoms with Crippen molar-refractivity contribution < 1.29 is 4.42 Å². The van der Waals surface area contributed by atoms with Gasteiger partial charge < -0.3 is 9.32 Å². The van der Waals surface area contributed by atoms with E-state index in [2.05, 4.69) is 211 Å². The van der Waals surface area contributed by atoms with E-state index in [0.717, 1.165) is 61.3 Å². The average Bonchev–Trinajstić information content (AvgIpc) is 3.67. The first-order valence-corrected chi connectivity index (χ1v) is 19.2. The van der Waals surface area contributed by atoms with Gasteiger partial charge in [-0.15, -0.1) is 0 Å². The molecule has 0 spiro atoms. The first-order valence-electron chi connectivity index (χ1n) is 19.2. The highest BCUT2D eigenvalue weighted by atomic mass is 16.3. The predicted molar refractivity (Wildman–Crippen MR) is 237 cm³/mol. The zero-order valence-electron chi connectivity index (χ0n) is 30.6. The van der Waals surface area contributed by atoms with Gasteiger partial charge in [0.1, 0.15) is 11.2 Å². The van der Waals surface area contributed by atoms with E-state index >= 15 is 0 Å². The summed E-state index contributed by atoms with van der Waals surface area (Å²) in [4.78, 5) is 2.37. The molecule has 0 N–H and O–H groups in total. The van der Waals surface area contributed by atoms with Crippen molar-refractivity contribution in [3.8, 4) is 33.4 Å². The maximum atomic E-state index is 6.60. The minimum Gasteiger partial charge on any atom is -0.455 e. The van der Waals surface area contributed by atoms with Crippen molar-refractivity contribution in [3.63, 3.8) is 0 Å². The highest BCUT2D eigenvalue weighted by molar-refractivity contribution is 6.16. The minimum absolute atomic E-state index is 0.894. The molecule has 0 atom stereocenters. The van der Waals surface area contributed by atoms with Gasteiger partial charge in [-0.25, -0.2) is 0 Å². The molecular weight excluding hydrogens is 679 g/mol. The van der Waals surface area contributed by atoms with Crippen LogP contribution in [0.2, 0.25) is 0 Å². The average molecular weight is 714 g/mol. The molecule has 0 radical (unpaired) electrons. The van der Waals surface area contributed by atoms with Crippen LogP contribution in [-0.2, 0) is 0 Å². The predicted octanol–water partition coefficient (Wildman–Crippen LogP) is 15.5. The summed E-state index contributed by atoms with van der Waals surface area (Å²) in [6.07, 6.45) is 0. The topological polar surface area (TPSA) is 16.4 Å². The van der Waals surface area contributed by atoms with Crippen molar-refractivity contribution in [2.75, 3.05) is 4.90 Å². The number of hydrogen-bond donors (Lipinski definition) is 0. The molecule has 0 unspecified atom stereocenters. The molecule has 0 fully saturated rings. The maximum Gasteiger partial charge on any atom is 0.143 e. The number of rotatable bonds is 6. The van der Waals surface area contributed by atoms with Crippen LogP contribution < -0.4 is 4.90 Å². The molecular formula is C54H35NO. The Bertz CT molecular complexity index is 3230. The van der Waals surface area contributed by atoms with E-state index in [1.807, 2.05) is 6.07 Å². The molecule has 0 aliphatic rings. The van der Waals surface area contributed by atoms with Crippen LogP contribution in [0.25, 0.3) is 87.6 Å². The number of furan rings is 1. The van der Waals surface area contributed by atoms with Crippen LogP contribution in [-0.4, -0.2) is 0 Å². The molecule has 0 aliphatic heterocycles.